The Hall–Kier alpha value is -2.30. The number of hydrogen-bond donors (Lipinski definition) is 6. The maximum Gasteiger partial charge on any atom is 0.251 e. The summed E-state index contributed by atoms with van der Waals surface area (Å²) in [5.74, 6) is 0.0308. The van der Waals surface area contributed by atoms with E-state index in [-0.39, 0.29) is 11.3 Å². The lowest BCUT2D eigenvalue weighted by molar-refractivity contribution is 0.0783. The van der Waals surface area contributed by atoms with E-state index < -0.39 is 22.9 Å². The standard InChI is InChI=1S/C31H48N4O4S/c1-4-32-25-19-24(20-26(21-25)35-16-10-11-17-40(35,38)39)30(37)34-27(18-23-12-6-5-7-13-23)28(36)22-33-29-14-8-9-15-31(29,2)3/h5-7,12-13,19-21,27-29,32-33,36,38-39H,4,8-11,14-18,22H2,1-3H3,(H,34,37)/t27-,28-,29?/m0/s1. The van der Waals surface area contributed by atoms with Gasteiger partial charge in [-0.05, 0) is 68.2 Å². The molecule has 2 aliphatic rings. The van der Waals surface area contributed by atoms with Crippen molar-refractivity contribution in [3.8, 4) is 0 Å². The smallest absolute Gasteiger partial charge is 0.251 e. The summed E-state index contributed by atoms with van der Waals surface area (Å²) in [6, 6.07) is 15.1. The molecule has 40 heavy (non-hydrogen) atoms. The zero-order chi connectivity index (χ0) is 28.8. The number of amides is 1. The van der Waals surface area contributed by atoms with Crippen molar-refractivity contribution in [1.29, 1.82) is 0 Å². The molecule has 3 atom stereocenters. The molecule has 1 aliphatic heterocycles. The maximum atomic E-state index is 13.7. The molecule has 9 heteroatoms. The van der Waals surface area contributed by atoms with E-state index in [1.165, 1.54) is 12.8 Å². The van der Waals surface area contributed by atoms with E-state index >= 15 is 0 Å². The normalized spacial score (nSPS) is 22.6. The molecule has 1 saturated carbocycles. The van der Waals surface area contributed by atoms with Crippen molar-refractivity contribution in [3.05, 3.63) is 59.7 Å². The highest BCUT2D eigenvalue weighted by Crippen LogP contribution is 2.50. The van der Waals surface area contributed by atoms with Gasteiger partial charge in [-0.2, -0.15) is 0 Å². The third kappa shape index (κ3) is 7.91. The van der Waals surface area contributed by atoms with Crippen LogP contribution < -0.4 is 20.3 Å². The van der Waals surface area contributed by atoms with Crippen LogP contribution in [0.3, 0.4) is 0 Å². The molecule has 0 aromatic heterocycles. The summed E-state index contributed by atoms with van der Waals surface area (Å²) in [7, 11) is -2.93. The van der Waals surface area contributed by atoms with Crippen LogP contribution in [-0.2, 0) is 6.42 Å². The van der Waals surface area contributed by atoms with Crippen LogP contribution in [0.4, 0.5) is 11.4 Å². The van der Waals surface area contributed by atoms with Crippen molar-refractivity contribution in [2.24, 2.45) is 5.41 Å². The first-order valence-corrected chi connectivity index (χ1v) is 16.4. The average molecular weight is 573 g/mol. The van der Waals surface area contributed by atoms with Gasteiger partial charge in [0.05, 0.1) is 23.6 Å². The predicted octanol–water partition coefficient (Wildman–Crippen LogP) is 5.64. The predicted molar refractivity (Wildman–Crippen MR) is 166 cm³/mol. The Morgan fingerprint density at radius 2 is 1.88 bits per heavy atom. The van der Waals surface area contributed by atoms with Crippen molar-refractivity contribution in [2.45, 2.75) is 83.9 Å². The number of benzene rings is 2. The minimum absolute atomic E-state index is 0.171. The molecule has 0 radical (unpaired) electrons. The summed E-state index contributed by atoms with van der Waals surface area (Å²) in [6.07, 6.45) is 6.02. The molecular formula is C31H48N4O4S. The number of aliphatic hydroxyl groups is 1. The first kappa shape index (κ1) is 30.7. The molecule has 1 saturated heterocycles. The van der Waals surface area contributed by atoms with Crippen LogP contribution in [0.5, 0.6) is 0 Å². The molecule has 8 nitrogen and oxygen atoms in total. The molecule has 1 aliphatic carbocycles. The van der Waals surface area contributed by atoms with E-state index in [9.17, 15) is 19.0 Å². The zero-order valence-electron chi connectivity index (χ0n) is 24.2. The Labute approximate surface area is 241 Å². The van der Waals surface area contributed by atoms with Crippen LogP contribution in [0.1, 0.15) is 75.2 Å². The van der Waals surface area contributed by atoms with Gasteiger partial charge < -0.3 is 21.1 Å². The summed E-state index contributed by atoms with van der Waals surface area (Å²) in [5, 5.41) is 21.4. The lowest BCUT2D eigenvalue weighted by atomic mass is 9.73. The molecule has 2 aromatic rings. The number of nitrogens with one attached hydrogen (secondary N) is 3. The topological polar surface area (TPSA) is 117 Å². The van der Waals surface area contributed by atoms with Gasteiger partial charge in [0.25, 0.3) is 5.91 Å². The minimum Gasteiger partial charge on any atom is -0.390 e. The van der Waals surface area contributed by atoms with Gasteiger partial charge in [0.2, 0.25) is 0 Å². The maximum absolute atomic E-state index is 13.7. The van der Waals surface area contributed by atoms with Crippen LogP contribution in [0.2, 0.25) is 0 Å². The summed E-state index contributed by atoms with van der Waals surface area (Å²) in [5.41, 5.74) is 2.98. The second kappa shape index (κ2) is 13.6. The Bertz CT molecular complexity index is 1110. The number of nitrogens with zero attached hydrogens (tertiary/aromatic N) is 1. The number of rotatable bonds is 11. The van der Waals surface area contributed by atoms with Crippen molar-refractivity contribution in [3.63, 3.8) is 0 Å². The summed E-state index contributed by atoms with van der Waals surface area (Å²) in [6.45, 7) is 8.13. The Kier molecular flexibility index (Phi) is 10.4. The van der Waals surface area contributed by atoms with Gasteiger partial charge in [-0.25, -0.2) is 0 Å². The molecule has 6 N–H and O–H groups in total. The number of aliphatic hydroxyl groups excluding tert-OH is 1. The highest BCUT2D eigenvalue weighted by molar-refractivity contribution is 8.25. The third-order valence-corrected chi connectivity index (χ3v) is 10.3. The van der Waals surface area contributed by atoms with E-state index in [0.717, 1.165) is 36.9 Å². The quantitative estimate of drug-likeness (QED) is 0.206. The van der Waals surface area contributed by atoms with Gasteiger partial charge in [0, 0.05) is 36.9 Å². The van der Waals surface area contributed by atoms with Crippen LogP contribution >= 0.6 is 10.8 Å². The molecule has 222 valence electrons. The second-order valence-electron chi connectivity index (χ2n) is 12.0. The van der Waals surface area contributed by atoms with Crippen molar-refractivity contribution >= 4 is 28.1 Å². The Morgan fingerprint density at radius 1 is 1.10 bits per heavy atom. The molecular weight excluding hydrogens is 524 g/mol. The highest BCUT2D eigenvalue weighted by atomic mass is 32.3. The fourth-order valence-electron chi connectivity index (χ4n) is 5.98. The Balaban J connectivity index is 1.55. The van der Waals surface area contributed by atoms with E-state index in [0.29, 0.717) is 49.1 Å². The van der Waals surface area contributed by atoms with Gasteiger partial charge in [-0.1, -0.05) is 57.0 Å². The van der Waals surface area contributed by atoms with E-state index in [2.05, 4.69) is 29.8 Å². The van der Waals surface area contributed by atoms with Gasteiger partial charge >= 0.3 is 0 Å². The second-order valence-corrected chi connectivity index (χ2v) is 14.1. The number of anilines is 2. The summed E-state index contributed by atoms with van der Waals surface area (Å²) >= 11 is 0. The van der Waals surface area contributed by atoms with Crippen molar-refractivity contribution in [1.82, 2.24) is 10.6 Å². The molecule has 1 unspecified atom stereocenters. The molecule has 0 spiro atoms. The zero-order valence-corrected chi connectivity index (χ0v) is 25.1. The SMILES string of the molecule is CCNc1cc(C(=O)N[C@@H](Cc2ccccc2)[C@@H](O)CNC2CCCCC2(C)C)cc(N2CCCCS2(O)O)c1. The molecule has 2 aromatic carbocycles. The van der Waals surface area contributed by atoms with Gasteiger partial charge in [0.15, 0.2) is 0 Å². The molecule has 2 fully saturated rings. The largest absolute Gasteiger partial charge is 0.390 e. The lowest BCUT2D eigenvalue weighted by Crippen LogP contribution is -2.52. The monoisotopic (exact) mass is 572 g/mol. The number of hydrogen-bond acceptors (Lipinski definition) is 7. The minimum atomic E-state index is -2.93. The lowest BCUT2D eigenvalue weighted by Gasteiger charge is -2.47. The fourth-order valence-corrected chi connectivity index (χ4v) is 7.65. The molecule has 1 heterocycles. The van der Waals surface area contributed by atoms with Crippen LogP contribution in [0.25, 0.3) is 0 Å². The summed E-state index contributed by atoms with van der Waals surface area (Å²) < 4.78 is 23.1. The highest BCUT2D eigenvalue weighted by Gasteiger charge is 2.33. The first-order valence-electron chi connectivity index (χ1n) is 14.8. The number of carbonyl (C=O) groups is 1. The fraction of sp³-hybridized carbons (Fsp3) is 0.581. The van der Waals surface area contributed by atoms with Crippen LogP contribution in [0, 0.1) is 5.41 Å². The van der Waals surface area contributed by atoms with Gasteiger partial charge in [-0.3, -0.25) is 18.2 Å². The van der Waals surface area contributed by atoms with Crippen LogP contribution in [0.15, 0.2) is 48.5 Å². The molecule has 0 bridgehead atoms. The number of carbonyl (C=O) groups excluding carboxylic acids is 1. The van der Waals surface area contributed by atoms with E-state index in [4.69, 9.17) is 0 Å². The molecule has 4 rings (SSSR count). The van der Waals surface area contributed by atoms with E-state index in [1.54, 1.807) is 16.4 Å². The van der Waals surface area contributed by atoms with Crippen molar-refractivity contribution < 1.29 is 19.0 Å². The Morgan fingerprint density at radius 3 is 2.58 bits per heavy atom. The first-order chi connectivity index (χ1) is 19.1. The third-order valence-electron chi connectivity index (χ3n) is 8.39. The van der Waals surface area contributed by atoms with Gasteiger partial charge in [-0.15, -0.1) is 10.8 Å². The molecule has 1 amide bonds. The van der Waals surface area contributed by atoms with E-state index in [1.807, 2.05) is 43.3 Å². The van der Waals surface area contributed by atoms with Crippen LogP contribution in [-0.4, -0.2) is 63.7 Å². The van der Waals surface area contributed by atoms with Crippen molar-refractivity contribution in [2.75, 3.05) is 35.0 Å². The summed E-state index contributed by atoms with van der Waals surface area (Å²) in [4.78, 5) is 13.7. The average Bonchev–Trinajstić information content (AvgIpc) is 2.92. The van der Waals surface area contributed by atoms with Gasteiger partial charge in [0.1, 0.15) is 0 Å².